The lowest BCUT2D eigenvalue weighted by Gasteiger charge is -2.00. The summed E-state index contributed by atoms with van der Waals surface area (Å²) in [6.07, 6.45) is 0. The van der Waals surface area contributed by atoms with Crippen LogP contribution in [0.3, 0.4) is 0 Å². The summed E-state index contributed by atoms with van der Waals surface area (Å²) >= 11 is 0. The minimum atomic E-state index is -0.381. The van der Waals surface area contributed by atoms with E-state index in [1.54, 1.807) is 24.3 Å². The van der Waals surface area contributed by atoms with Crippen molar-refractivity contribution in [2.24, 2.45) is 0 Å². The molecule has 0 radical (unpaired) electrons. The molecule has 0 unspecified atom stereocenters. The highest BCUT2D eigenvalue weighted by Gasteiger charge is 2.12. The first kappa shape index (κ1) is 14.5. The van der Waals surface area contributed by atoms with Crippen molar-refractivity contribution in [3.05, 3.63) is 65.2 Å². The van der Waals surface area contributed by atoms with Crippen LogP contribution in [0.5, 0.6) is 0 Å². The Hall–Kier alpha value is -3.46. The minimum absolute atomic E-state index is 0.0239. The maximum Gasteiger partial charge on any atom is 0.322 e. The topological polar surface area (TPSA) is 91.8 Å². The van der Waals surface area contributed by atoms with E-state index in [2.05, 4.69) is 15.5 Å². The number of amides is 1. The van der Waals surface area contributed by atoms with Crippen LogP contribution in [0.25, 0.3) is 11.5 Å². The zero-order chi connectivity index (χ0) is 16.2. The second-order valence-corrected chi connectivity index (χ2v) is 4.93. The molecule has 1 N–H and O–H groups in total. The Kier molecular flexibility index (Phi) is 3.85. The summed E-state index contributed by atoms with van der Waals surface area (Å²) in [5.41, 5.74) is 2.75. The van der Waals surface area contributed by atoms with Crippen molar-refractivity contribution in [2.45, 2.75) is 6.92 Å². The van der Waals surface area contributed by atoms with Crippen LogP contribution in [0.15, 0.2) is 52.9 Å². The lowest BCUT2D eigenvalue weighted by Crippen LogP contribution is -2.11. The van der Waals surface area contributed by atoms with Gasteiger partial charge in [0.25, 0.3) is 5.91 Å². The van der Waals surface area contributed by atoms with Gasteiger partial charge < -0.3 is 4.42 Å². The van der Waals surface area contributed by atoms with Gasteiger partial charge in [-0.15, -0.1) is 5.10 Å². The molecule has 2 aromatic carbocycles. The van der Waals surface area contributed by atoms with Gasteiger partial charge in [0, 0.05) is 11.1 Å². The van der Waals surface area contributed by atoms with Crippen LogP contribution in [0, 0.1) is 18.3 Å². The van der Waals surface area contributed by atoms with E-state index in [1.165, 1.54) is 0 Å². The zero-order valence-corrected chi connectivity index (χ0v) is 12.3. The number of nitrogens with zero attached hydrogens (tertiary/aromatic N) is 3. The predicted octanol–water partition coefficient (Wildman–Crippen LogP) is 3.17. The molecule has 1 aromatic heterocycles. The van der Waals surface area contributed by atoms with Gasteiger partial charge in [0.05, 0.1) is 11.6 Å². The molecule has 0 saturated carbocycles. The standard InChI is InChI=1S/C17H12N4O2/c1-11-3-2-4-14(9-11)16-20-21-17(23-16)19-15(22)13-7-5-12(10-18)6-8-13/h2-9H,1H3,(H,19,21,22). The first-order valence-corrected chi connectivity index (χ1v) is 6.88. The van der Waals surface area contributed by atoms with E-state index in [-0.39, 0.29) is 11.9 Å². The summed E-state index contributed by atoms with van der Waals surface area (Å²) in [7, 11) is 0. The Morgan fingerprint density at radius 1 is 1.17 bits per heavy atom. The van der Waals surface area contributed by atoms with Crippen molar-refractivity contribution < 1.29 is 9.21 Å². The number of rotatable bonds is 3. The molecule has 0 saturated heterocycles. The van der Waals surface area contributed by atoms with Gasteiger partial charge in [-0.25, -0.2) is 0 Å². The van der Waals surface area contributed by atoms with Crippen LogP contribution >= 0.6 is 0 Å². The molecule has 112 valence electrons. The second kappa shape index (κ2) is 6.12. The van der Waals surface area contributed by atoms with Crippen LogP contribution < -0.4 is 5.32 Å². The normalized spacial score (nSPS) is 10.1. The number of benzene rings is 2. The number of aromatic nitrogens is 2. The number of carbonyl (C=O) groups excluding carboxylic acids is 1. The Labute approximate surface area is 132 Å². The summed E-state index contributed by atoms with van der Waals surface area (Å²) in [5, 5.41) is 19.0. The fraction of sp³-hybridized carbons (Fsp3) is 0.0588. The molecule has 1 heterocycles. The summed E-state index contributed by atoms with van der Waals surface area (Å²) < 4.78 is 5.46. The van der Waals surface area contributed by atoms with Crippen LogP contribution in [0.1, 0.15) is 21.5 Å². The molecule has 3 aromatic rings. The number of hydrogen-bond donors (Lipinski definition) is 1. The van der Waals surface area contributed by atoms with Gasteiger partial charge in [-0.05, 0) is 43.3 Å². The fourth-order valence-electron chi connectivity index (χ4n) is 2.03. The van der Waals surface area contributed by atoms with E-state index in [4.69, 9.17) is 9.68 Å². The maximum atomic E-state index is 12.1. The van der Waals surface area contributed by atoms with E-state index in [0.717, 1.165) is 11.1 Å². The predicted molar refractivity (Wildman–Crippen MR) is 83.6 cm³/mol. The Bertz CT molecular complexity index is 891. The molecule has 23 heavy (non-hydrogen) atoms. The number of nitriles is 1. The van der Waals surface area contributed by atoms with Crippen LogP contribution in [-0.2, 0) is 0 Å². The third-order valence-electron chi connectivity index (χ3n) is 3.19. The first-order valence-electron chi connectivity index (χ1n) is 6.88. The highest BCUT2D eigenvalue weighted by Crippen LogP contribution is 2.21. The van der Waals surface area contributed by atoms with Crippen molar-refractivity contribution in [3.8, 4) is 17.5 Å². The Balaban J connectivity index is 1.76. The molecule has 0 aliphatic carbocycles. The number of hydrogen-bond acceptors (Lipinski definition) is 5. The molecular formula is C17H12N4O2. The zero-order valence-electron chi connectivity index (χ0n) is 12.3. The third kappa shape index (κ3) is 3.24. The van der Waals surface area contributed by atoms with Gasteiger partial charge in [0.1, 0.15) is 0 Å². The fourth-order valence-corrected chi connectivity index (χ4v) is 2.03. The van der Waals surface area contributed by atoms with Gasteiger partial charge in [0.15, 0.2) is 0 Å². The maximum absolute atomic E-state index is 12.1. The molecule has 0 fully saturated rings. The van der Waals surface area contributed by atoms with Gasteiger partial charge in [0.2, 0.25) is 5.89 Å². The van der Waals surface area contributed by atoms with Crippen molar-refractivity contribution >= 4 is 11.9 Å². The summed E-state index contributed by atoms with van der Waals surface area (Å²) in [6.45, 7) is 1.97. The second-order valence-electron chi connectivity index (χ2n) is 4.93. The number of aryl methyl sites for hydroxylation is 1. The monoisotopic (exact) mass is 304 g/mol. The van der Waals surface area contributed by atoms with Crippen molar-refractivity contribution in [1.29, 1.82) is 5.26 Å². The van der Waals surface area contributed by atoms with Gasteiger partial charge in [-0.1, -0.05) is 22.8 Å². The van der Waals surface area contributed by atoms with Crippen LogP contribution in [0.4, 0.5) is 6.01 Å². The van der Waals surface area contributed by atoms with E-state index in [1.807, 2.05) is 37.3 Å². The molecule has 0 aliphatic rings. The van der Waals surface area contributed by atoms with Crippen molar-refractivity contribution in [3.63, 3.8) is 0 Å². The first-order chi connectivity index (χ1) is 11.2. The molecule has 0 atom stereocenters. The number of anilines is 1. The molecule has 6 heteroatoms. The van der Waals surface area contributed by atoms with E-state index >= 15 is 0 Å². The number of carbonyl (C=O) groups is 1. The quantitative estimate of drug-likeness (QED) is 0.802. The van der Waals surface area contributed by atoms with Gasteiger partial charge in [-0.2, -0.15) is 5.26 Å². The largest absolute Gasteiger partial charge is 0.403 e. The average molecular weight is 304 g/mol. The molecule has 0 aliphatic heterocycles. The van der Waals surface area contributed by atoms with E-state index in [0.29, 0.717) is 17.0 Å². The lowest BCUT2D eigenvalue weighted by molar-refractivity contribution is 0.102. The molecule has 6 nitrogen and oxygen atoms in total. The average Bonchev–Trinajstić information content (AvgIpc) is 3.03. The molecule has 0 bridgehead atoms. The van der Waals surface area contributed by atoms with Crippen LogP contribution in [0.2, 0.25) is 0 Å². The third-order valence-corrected chi connectivity index (χ3v) is 3.19. The lowest BCUT2D eigenvalue weighted by atomic mass is 10.1. The highest BCUT2D eigenvalue weighted by atomic mass is 16.4. The van der Waals surface area contributed by atoms with Crippen LogP contribution in [-0.4, -0.2) is 16.1 Å². The summed E-state index contributed by atoms with van der Waals surface area (Å²) in [4.78, 5) is 12.1. The molecule has 1 amide bonds. The Morgan fingerprint density at radius 2 is 1.96 bits per heavy atom. The minimum Gasteiger partial charge on any atom is -0.403 e. The SMILES string of the molecule is Cc1cccc(-c2nnc(NC(=O)c3ccc(C#N)cc3)o2)c1. The van der Waals surface area contributed by atoms with E-state index in [9.17, 15) is 4.79 Å². The summed E-state index contributed by atoms with van der Waals surface area (Å²) in [6, 6.07) is 15.9. The number of nitrogens with one attached hydrogen (secondary N) is 1. The van der Waals surface area contributed by atoms with Crippen molar-refractivity contribution in [1.82, 2.24) is 10.2 Å². The Morgan fingerprint density at radius 3 is 2.65 bits per heavy atom. The molecule has 0 spiro atoms. The van der Waals surface area contributed by atoms with Gasteiger partial charge in [-0.3, -0.25) is 10.1 Å². The van der Waals surface area contributed by atoms with E-state index < -0.39 is 0 Å². The highest BCUT2D eigenvalue weighted by molar-refractivity contribution is 6.03. The summed E-state index contributed by atoms with van der Waals surface area (Å²) in [5.74, 6) is -0.0437. The smallest absolute Gasteiger partial charge is 0.322 e. The molecular weight excluding hydrogens is 292 g/mol. The van der Waals surface area contributed by atoms with Gasteiger partial charge >= 0.3 is 6.01 Å². The van der Waals surface area contributed by atoms with Crippen molar-refractivity contribution in [2.75, 3.05) is 5.32 Å². The molecule has 3 rings (SSSR count).